The number of aromatic nitrogens is 2. The fraction of sp³-hybridized carbons (Fsp3) is 0.357. The summed E-state index contributed by atoms with van der Waals surface area (Å²) in [5, 5.41) is 14.0. The average Bonchev–Trinajstić information content (AvgIpc) is 2.76. The molecule has 1 N–H and O–H groups in total. The van der Waals surface area contributed by atoms with Crippen LogP contribution in [0.1, 0.15) is 31.4 Å². The van der Waals surface area contributed by atoms with Crippen LogP contribution in [0, 0.1) is 0 Å². The van der Waals surface area contributed by atoms with E-state index in [-0.39, 0.29) is 6.10 Å². The highest BCUT2D eigenvalue weighted by molar-refractivity contribution is 5.61. The highest BCUT2D eigenvalue weighted by Crippen LogP contribution is 2.23. The standard InChI is InChI=1S/C14H18N2O/c1-3-4-14(17)12-7-5-11(6-8-12)13-9-15-16(2)10-13/h5-10,14,17H,3-4H2,1-2H3. The van der Waals surface area contributed by atoms with Crippen molar-refractivity contribution in [2.75, 3.05) is 0 Å². The van der Waals surface area contributed by atoms with E-state index in [1.54, 1.807) is 4.68 Å². The molecule has 0 aliphatic rings. The predicted molar refractivity (Wildman–Crippen MR) is 68.5 cm³/mol. The third kappa shape index (κ3) is 2.74. The Labute approximate surface area is 102 Å². The minimum absolute atomic E-state index is 0.344. The van der Waals surface area contributed by atoms with Crippen LogP contribution in [-0.2, 0) is 7.05 Å². The van der Waals surface area contributed by atoms with Crippen LogP contribution in [0.2, 0.25) is 0 Å². The molecule has 17 heavy (non-hydrogen) atoms. The number of aliphatic hydroxyl groups is 1. The van der Waals surface area contributed by atoms with Crippen LogP contribution in [0.15, 0.2) is 36.7 Å². The second-order valence-electron chi connectivity index (χ2n) is 4.33. The van der Waals surface area contributed by atoms with E-state index in [4.69, 9.17) is 0 Å². The van der Waals surface area contributed by atoms with Gasteiger partial charge < -0.3 is 5.11 Å². The Kier molecular flexibility index (Phi) is 3.59. The molecule has 0 saturated heterocycles. The Morgan fingerprint density at radius 2 is 1.94 bits per heavy atom. The lowest BCUT2D eigenvalue weighted by Gasteiger charge is -2.09. The fourth-order valence-corrected chi connectivity index (χ4v) is 1.91. The lowest BCUT2D eigenvalue weighted by molar-refractivity contribution is 0.166. The molecule has 0 bridgehead atoms. The van der Waals surface area contributed by atoms with E-state index in [1.807, 2.05) is 43.7 Å². The van der Waals surface area contributed by atoms with Gasteiger partial charge >= 0.3 is 0 Å². The molecule has 3 nitrogen and oxygen atoms in total. The predicted octanol–water partition coefficient (Wildman–Crippen LogP) is 2.92. The van der Waals surface area contributed by atoms with Crippen LogP contribution in [0.25, 0.3) is 11.1 Å². The molecule has 0 amide bonds. The second kappa shape index (κ2) is 5.15. The van der Waals surface area contributed by atoms with Crippen LogP contribution in [0.4, 0.5) is 0 Å². The Hall–Kier alpha value is -1.61. The third-order valence-electron chi connectivity index (χ3n) is 2.90. The molecule has 2 rings (SSSR count). The van der Waals surface area contributed by atoms with E-state index in [0.29, 0.717) is 0 Å². The number of rotatable bonds is 4. The molecule has 1 aromatic carbocycles. The van der Waals surface area contributed by atoms with Crippen molar-refractivity contribution in [3.05, 3.63) is 42.2 Å². The number of hydrogen-bond acceptors (Lipinski definition) is 2. The summed E-state index contributed by atoms with van der Waals surface area (Å²) in [6.07, 6.45) is 5.29. The van der Waals surface area contributed by atoms with Crippen molar-refractivity contribution in [2.45, 2.75) is 25.9 Å². The first-order valence-electron chi connectivity index (χ1n) is 5.97. The smallest absolute Gasteiger partial charge is 0.0790 e. The topological polar surface area (TPSA) is 38.1 Å². The third-order valence-corrected chi connectivity index (χ3v) is 2.90. The van der Waals surface area contributed by atoms with Crippen LogP contribution < -0.4 is 0 Å². The summed E-state index contributed by atoms with van der Waals surface area (Å²) in [6, 6.07) is 8.04. The van der Waals surface area contributed by atoms with Crippen LogP contribution in [-0.4, -0.2) is 14.9 Å². The van der Waals surface area contributed by atoms with Crippen LogP contribution in [0.3, 0.4) is 0 Å². The van der Waals surface area contributed by atoms with Crippen molar-refractivity contribution in [1.82, 2.24) is 9.78 Å². The van der Waals surface area contributed by atoms with E-state index in [9.17, 15) is 5.11 Å². The van der Waals surface area contributed by atoms with Crippen molar-refractivity contribution >= 4 is 0 Å². The molecule has 0 aliphatic heterocycles. The van der Waals surface area contributed by atoms with E-state index in [1.165, 1.54) is 0 Å². The maximum Gasteiger partial charge on any atom is 0.0790 e. The van der Waals surface area contributed by atoms with Gasteiger partial charge in [-0.15, -0.1) is 0 Å². The van der Waals surface area contributed by atoms with Gasteiger partial charge in [0.05, 0.1) is 12.3 Å². The monoisotopic (exact) mass is 230 g/mol. The maximum absolute atomic E-state index is 9.87. The highest BCUT2D eigenvalue weighted by atomic mass is 16.3. The summed E-state index contributed by atoms with van der Waals surface area (Å²) in [5.41, 5.74) is 3.22. The summed E-state index contributed by atoms with van der Waals surface area (Å²) >= 11 is 0. The van der Waals surface area contributed by atoms with Gasteiger partial charge in [-0.1, -0.05) is 37.6 Å². The Morgan fingerprint density at radius 3 is 2.47 bits per heavy atom. The van der Waals surface area contributed by atoms with E-state index in [0.717, 1.165) is 29.5 Å². The van der Waals surface area contributed by atoms with Crippen molar-refractivity contribution in [1.29, 1.82) is 0 Å². The summed E-state index contributed by atoms with van der Waals surface area (Å²) < 4.78 is 1.79. The first-order valence-corrected chi connectivity index (χ1v) is 5.97. The number of aliphatic hydroxyl groups excluding tert-OH is 1. The molecule has 0 aliphatic carbocycles. The van der Waals surface area contributed by atoms with Gasteiger partial charge in [0.1, 0.15) is 0 Å². The molecule has 90 valence electrons. The quantitative estimate of drug-likeness (QED) is 0.877. The molecule has 1 aromatic heterocycles. The zero-order valence-electron chi connectivity index (χ0n) is 10.3. The SMILES string of the molecule is CCCC(O)c1ccc(-c2cnn(C)c2)cc1. The highest BCUT2D eigenvalue weighted by Gasteiger charge is 2.06. The molecular weight excluding hydrogens is 212 g/mol. The molecule has 0 fully saturated rings. The normalized spacial score (nSPS) is 12.6. The molecule has 3 heteroatoms. The van der Waals surface area contributed by atoms with Crippen LogP contribution >= 0.6 is 0 Å². The lowest BCUT2D eigenvalue weighted by Crippen LogP contribution is -1.95. The van der Waals surface area contributed by atoms with Crippen molar-refractivity contribution in [3.63, 3.8) is 0 Å². The fourth-order valence-electron chi connectivity index (χ4n) is 1.91. The van der Waals surface area contributed by atoms with E-state index < -0.39 is 0 Å². The minimum atomic E-state index is -0.344. The van der Waals surface area contributed by atoms with Gasteiger partial charge in [-0.3, -0.25) is 4.68 Å². The summed E-state index contributed by atoms with van der Waals surface area (Å²) in [4.78, 5) is 0. The summed E-state index contributed by atoms with van der Waals surface area (Å²) in [5.74, 6) is 0. The van der Waals surface area contributed by atoms with Crippen molar-refractivity contribution in [2.24, 2.45) is 7.05 Å². The van der Waals surface area contributed by atoms with Crippen LogP contribution in [0.5, 0.6) is 0 Å². The van der Waals surface area contributed by atoms with Gasteiger partial charge in [0, 0.05) is 18.8 Å². The zero-order valence-corrected chi connectivity index (χ0v) is 10.3. The Bertz CT molecular complexity index is 473. The van der Waals surface area contributed by atoms with Gasteiger partial charge in [-0.25, -0.2) is 0 Å². The van der Waals surface area contributed by atoms with Gasteiger partial charge in [0.2, 0.25) is 0 Å². The second-order valence-corrected chi connectivity index (χ2v) is 4.33. The van der Waals surface area contributed by atoms with Gasteiger partial charge in [-0.2, -0.15) is 5.10 Å². The molecule has 2 aromatic rings. The van der Waals surface area contributed by atoms with Crippen molar-refractivity contribution in [3.8, 4) is 11.1 Å². The summed E-state index contributed by atoms with van der Waals surface area (Å²) in [7, 11) is 1.91. The molecule has 0 spiro atoms. The zero-order chi connectivity index (χ0) is 12.3. The number of benzene rings is 1. The summed E-state index contributed by atoms with van der Waals surface area (Å²) in [6.45, 7) is 2.08. The first kappa shape index (κ1) is 11.9. The maximum atomic E-state index is 9.87. The van der Waals surface area contributed by atoms with E-state index in [2.05, 4.69) is 12.0 Å². The number of aryl methyl sites for hydroxylation is 1. The van der Waals surface area contributed by atoms with Crippen molar-refractivity contribution < 1.29 is 5.11 Å². The number of hydrogen-bond donors (Lipinski definition) is 1. The molecule has 0 saturated carbocycles. The largest absolute Gasteiger partial charge is 0.388 e. The average molecular weight is 230 g/mol. The molecule has 1 atom stereocenters. The Balaban J connectivity index is 2.18. The molecule has 0 radical (unpaired) electrons. The van der Waals surface area contributed by atoms with Gasteiger partial charge in [0.15, 0.2) is 0 Å². The number of nitrogens with zero attached hydrogens (tertiary/aromatic N) is 2. The van der Waals surface area contributed by atoms with Gasteiger partial charge in [0.25, 0.3) is 0 Å². The molecule has 1 unspecified atom stereocenters. The molecular formula is C14H18N2O. The van der Waals surface area contributed by atoms with E-state index >= 15 is 0 Å². The lowest BCUT2D eigenvalue weighted by atomic mass is 10.0. The Morgan fingerprint density at radius 1 is 1.24 bits per heavy atom. The van der Waals surface area contributed by atoms with Gasteiger partial charge in [-0.05, 0) is 17.5 Å². The minimum Gasteiger partial charge on any atom is -0.388 e. The molecule has 1 heterocycles. The first-order chi connectivity index (χ1) is 8.20.